The van der Waals surface area contributed by atoms with Crippen LogP contribution in [-0.2, 0) is 0 Å². The van der Waals surface area contributed by atoms with Crippen LogP contribution in [0, 0.1) is 5.92 Å². The summed E-state index contributed by atoms with van der Waals surface area (Å²) in [7, 11) is 2.01. The van der Waals surface area contributed by atoms with E-state index in [1.165, 1.54) is 29.9 Å². The van der Waals surface area contributed by atoms with E-state index < -0.39 is 0 Å². The van der Waals surface area contributed by atoms with Gasteiger partial charge in [-0.2, -0.15) is 11.8 Å². The van der Waals surface area contributed by atoms with Crippen LogP contribution in [0.3, 0.4) is 0 Å². The third kappa shape index (κ3) is 3.63. The smallest absolute Gasteiger partial charge is 0.0158 e. The Morgan fingerprint density at radius 1 is 1.67 bits per heavy atom. The van der Waals surface area contributed by atoms with Gasteiger partial charge in [-0.05, 0) is 44.2 Å². The first-order valence-corrected chi connectivity index (χ1v) is 5.88. The highest BCUT2D eigenvalue weighted by Crippen LogP contribution is 2.24. The van der Waals surface area contributed by atoms with E-state index in [-0.39, 0.29) is 0 Å². The van der Waals surface area contributed by atoms with E-state index in [0.29, 0.717) is 0 Å². The van der Waals surface area contributed by atoms with E-state index in [1.54, 1.807) is 0 Å². The number of nitrogens with one attached hydrogen (secondary N) is 1. The minimum absolute atomic E-state index is 0.845. The summed E-state index contributed by atoms with van der Waals surface area (Å²) >= 11 is 2.10. The van der Waals surface area contributed by atoms with Crippen molar-refractivity contribution in [3.8, 4) is 0 Å². The van der Waals surface area contributed by atoms with Crippen LogP contribution in [0.1, 0.15) is 19.8 Å². The highest BCUT2D eigenvalue weighted by molar-refractivity contribution is 7.99. The zero-order valence-corrected chi connectivity index (χ0v) is 8.91. The van der Waals surface area contributed by atoms with Gasteiger partial charge in [-0.1, -0.05) is 11.6 Å². The number of thioether (sulfide) groups is 1. The average Bonchev–Trinajstić information content (AvgIpc) is 2.06. The largest absolute Gasteiger partial charge is 0.316 e. The molecule has 1 aliphatic rings. The van der Waals surface area contributed by atoms with Gasteiger partial charge in [0.15, 0.2) is 0 Å². The van der Waals surface area contributed by atoms with Crippen LogP contribution >= 0.6 is 11.8 Å². The Morgan fingerprint density at radius 3 is 3.08 bits per heavy atom. The molecular formula is C10H19NS. The van der Waals surface area contributed by atoms with Crippen LogP contribution < -0.4 is 5.32 Å². The second-order valence-corrected chi connectivity index (χ2v) is 4.67. The first-order valence-electron chi connectivity index (χ1n) is 4.72. The molecule has 0 aliphatic carbocycles. The van der Waals surface area contributed by atoms with Crippen LogP contribution in [0.4, 0.5) is 0 Å². The second kappa shape index (κ2) is 5.65. The number of rotatable bonds is 3. The van der Waals surface area contributed by atoms with Gasteiger partial charge in [-0.15, -0.1) is 0 Å². The molecule has 0 aromatic rings. The van der Waals surface area contributed by atoms with E-state index >= 15 is 0 Å². The van der Waals surface area contributed by atoms with E-state index in [9.17, 15) is 0 Å². The van der Waals surface area contributed by atoms with Gasteiger partial charge in [0.05, 0.1) is 0 Å². The molecule has 1 unspecified atom stereocenters. The number of likely N-dealkylation sites (N-methyl/N-ethyl adjacent to an activating group) is 1. The Kier molecular flexibility index (Phi) is 4.77. The summed E-state index contributed by atoms with van der Waals surface area (Å²) in [4.78, 5) is 0. The maximum Gasteiger partial charge on any atom is 0.0158 e. The maximum absolute atomic E-state index is 3.18. The maximum atomic E-state index is 3.18. The number of hydrogen-bond donors (Lipinski definition) is 1. The lowest BCUT2D eigenvalue weighted by atomic mass is 10.0. The van der Waals surface area contributed by atoms with Crippen molar-refractivity contribution in [1.82, 2.24) is 5.32 Å². The first kappa shape index (κ1) is 10.1. The van der Waals surface area contributed by atoms with E-state index in [1.807, 2.05) is 7.05 Å². The topological polar surface area (TPSA) is 12.0 Å². The molecule has 0 amide bonds. The Labute approximate surface area is 80.0 Å². The second-order valence-electron chi connectivity index (χ2n) is 3.52. The highest BCUT2D eigenvalue weighted by atomic mass is 32.2. The molecule has 0 bridgehead atoms. The minimum atomic E-state index is 0.845. The molecule has 0 radical (unpaired) electrons. The summed E-state index contributed by atoms with van der Waals surface area (Å²) in [5.41, 5.74) is 1.49. The van der Waals surface area contributed by atoms with Crippen molar-refractivity contribution in [1.29, 1.82) is 0 Å². The molecule has 1 fully saturated rings. The predicted octanol–water partition coefficient (Wildman–Crippen LogP) is 2.30. The molecule has 1 saturated heterocycles. The molecule has 1 atom stereocenters. The molecule has 0 aromatic carbocycles. The molecule has 1 N–H and O–H groups in total. The lowest BCUT2D eigenvalue weighted by Gasteiger charge is -2.18. The van der Waals surface area contributed by atoms with Gasteiger partial charge in [0, 0.05) is 6.54 Å². The molecule has 1 aliphatic heterocycles. The van der Waals surface area contributed by atoms with Crippen molar-refractivity contribution in [2.24, 2.45) is 5.92 Å². The van der Waals surface area contributed by atoms with Gasteiger partial charge < -0.3 is 5.32 Å². The fraction of sp³-hybridized carbons (Fsp3) is 0.800. The Hall–Kier alpha value is 0.0500. The van der Waals surface area contributed by atoms with Crippen LogP contribution in [0.15, 0.2) is 11.6 Å². The molecule has 1 nitrogen and oxygen atoms in total. The molecule has 0 spiro atoms. The molecule has 0 aromatic heterocycles. The Morgan fingerprint density at radius 2 is 2.50 bits per heavy atom. The van der Waals surface area contributed by atoms with Crippen LogP contribution in [0.2, 0.25) is 0 Å². The molecule has 0 saturated carbocycles. The number of hydrogen-bond acceptors (Lipinski definition) is 2. The van der Waals surface area contributed by atoms with E-state index in [0.717, 1.165) is 12.5 Å². The van der Waals surface area contributed by atoms with Crippen molar-refractivity contribution < 1.29 is 0 Å². The molecule has 70 valence electrons. The van der Waals surface area contributed by atoms with Crippen molar-refractivity contribution in [2.75, 3.05) is 25.1 Å². The van der Waals surface area contributed by atoms with Gasteiger partial charge in [0.25, 0.3) is 0 Å². The number of allylic oxidation sites excluding steroid dienone is 1. The average molecular weight is 185 g/mol. The quantitative estimate of drug-likeness (QED) is 0.677. The Bertz CT molecular complexity index is 148. The van der Waals surface area contributed by atoms with Crippen molar-refractivity contribution in [3.05, 3.63) is 11.6 Å². The lowest BCUT2D eigenvalue weighted by molar-refractivity contribution is 0.623. The lowest BCUT2D eigenvalue weighted by Crippen LogP contribution is -2.12. The molecule has 1 rings (SSSR count). The van der Waals surface area contributed by atoms with Crippen LogP contribution in [0.5, 0.6) is 0 Å². The third-order valence-corrected chi connectivity index (χ3v) is 3.41. The van der Waals surface area contributed by atoms with Crippen LogP contribution in [-0.4, -0.2) is 25.1 Å². The van der Waals surface area contributed by atoms with Crippen molar-refractivity contribution in [3.63, 3.8) is 0 Å². The summed E-state index contributed by atoms with van der Waals surface area (Å²) in [6, 6.07) is 0. The standard InChI is InChI=1S/C10H19NS/c1-9(7-11-2)6-10-4-3-5-12-8-10/h6,10-11H,3-5,7-8H2,1-2H3/b9-6+. The summed E-state index contributed by atoms with van der Waals surface area (Å²) in [5.74, 6) is 3.55. The summed E-state index contributed by atoms with van der Waals surface area (Å²) in [6.45, 7) is 3.26. The zero-order chi connectivity index (χ0) is 8.81. The summed E-state index contributed by atoms with van der Waals surface area (Å²) in [6.07, 6.45) is 5.25. The SMILES string of the molecule is CNC/C(C)=C/C1CCCSC1. The van der Waals surface area contributed by atoms with Gasteiger partial charge >= 0.3 is 0 Å². The summed E-state index contributed by atoms with van der Waals surface area (Å²) < 4.78 is 0. The summed E-state index contributed by atoms with van der Waals surface area (Å²) in [5, 5.41) is 3.18. The van der Waals surface area contributed by atoms with E-state index in [4.69, 9.17) is 0 Å². The highest BCUT2D eigenvalue weighted by Gasteiger charge is 2.10. The van der Waals surface area contributed by atoms with Crippen molar-refractivity contribution in [2.45, 2.75) is 19.8 Å². The first-order chi connectivity index (χ1) is 5.83. The zero-order valence-electron chi connectivity index (χ0n) is 8.10. The van der Waals surface area contributed by atoms with Gasteiger partial charge in [0.2, 0.25) is 0 Å². The van der Waals surface area contributed by atoms with Crippen molar-refractivity contribution >= 4 is 11.8 Å². The molecule has 1 heterocycles. The van der Waals surface area contributed by atoms with Crippen LogP contribution in [0.25, 0.3) is 0 Å². The third-order valence-electron chi connectivity index (χ3n) is 2.17. The monoisotopic (exact) mass is 185 g/mol. The molecule has 2 heteroatoms. The van der Waals surface area contributed by atoms with Gasteiger partial charge in [0.1, 0.15) is 0 Å². The normalized spacial score (nSPS) is 25.8. The predicted molar refractivity (Wildman–Crippen MR) is 57.7 cm³/mol. The van der Waals surface area contributed by atoms with E-state index in [2.05, 4.69) is 30.1 Å². The molecular weight excluding hydrogens is 166 g/mol. The van der Waals surface area contributed by atoms with Gasteiger partial charge in [-0.25, -0.2) is 0 Å². The van der Waals surface area contributed by atoms with Gasteiger partial charge in [-0.3, -0.25) is 0 Å². The minimum Gasteiger partial charge on any atom is -0.316 e. The Balaban J connectivity index is 2.31. The fourth-order valence-corrected chi connectivity index (χ4v) is 2.74. The fourth-order valence-electron chi connectivity index (χ4n) is 1.64. The molecule has 12 heavy (non-hydrogen) atoms.